The van der Waals surface area contributed by atoms with Crippen LogP contribution in [0.4, 0.5) is 5.69 Å². The third-order valence-electron chi connectivity index (χ3n) is 5.28. The van der Waals surface area contributed by atoms with E-state index < -0.39 is 10.0 Å². The van der Waals surface area contributed by atoms with Crippen molar-refractivity contribution in [3.63, 3.8) is 0 Å². The molecule has 0 saturated carbocycles. The highest BCUT2D eigenvalue weighted by molar-refractivity contribution is 7.89. The molecule has 168 valence electrons. The van der Waals surface area contributed by atoms with Gasteiger partial charge in [0.25, 0.3) is 5.91 Å². The Bertz CT molecular complexity index is 1240. The Balaban J connectivity index is 1.49. The number of hydrogen-bond acceptors (Lipinski definition) is 6. The number of nitrogens with zero attached hydrogens (tertiary/aromatic N) is 3. The number of piperidine rings is 1. The number of aryl methyl sites for hydroxylation is 2. The minimum absolute atomic E-state index is 0.102. The van der Waals surface area contributed by atoms with Gasteiger partial charge >= 0.3 is 0 Å². The number of rotatable bonds is 5. The number of amides is 1. The minimum atomic E-state index is -3.60. The number of carbonyl (C=O) groups is 1. The Morgan fingerprint density at radius 1 is 1.16 bits per heavy atom. The summed E-state index contributed by atoms with van der Waals surface area (Å²) in [6.07, 6.45) is 1.52. The maximum absolute atomic E-state index is 13.2. The van der Waals surface area contributed by atoms with Gasteiger partial charge in [0.15, 0.2) is 0 Å². The first kappa shape index (κ1) is 22.8. The number of anilines is 1. The molecule has 1 aliphatic heterocycles. The summed E-state index contributed by atoms with van der Waals surface area (Å²) in [5.41, 5.74) is 2.40. The molecular formula is C22H23ClN4O3S2. The number of halogens is 1. The molecule has 1 aliphatic rings. The topological polar surface area (TPSA) is 92.3 Å². The van der Waals surface area contributed by atoms with E-state index in [1.807, 2.05) is 19.9 Å². The Morgan fingerprint density at radius 3 is 2.62 bits per heavy atom. The highest BCUT2D eigenvalue weighted by atomic mass is 35.5. The van der Waals surface area contributed by atoms with Crippen LogP contribution in [-0.2, 0) is 10.0 Å². The van der Waals surface area contributed by atoms with Gasteiger partial charge in [0.05, 0.1) is 4.90 Å². The van der Waals surface area contributed by atoms with Crippen LogP contribution >= 0.6 is 22.9 Å². The van der Waals surface area contributed by atoms with Crippen molar-refractivity contribution in [3.8, 4) is 0 Å². The van der Waals surface area contributed by atoms with Crippen LogP contribution in [0.25, 0.3) is 0 Å². The predicted molar refractivity (Wildman–Crippen MR) is 126 cm³/mol. The molecule has 32 heavy (non-hydrogen) atoms. The van der Waals surface area contributed by atoms with Crippen LogP contribution in [0.3, 0.4) is 0 Å². The van der Waals surface area contributed by atoms with Gasteiger partial charge in [0.1, 0.15) is 5.01 Å². The van der Waals surface area contributed by atoms with Crippen molar-refractivity contribution < 1.29 is 13.2 Å². The van der Waals surface area contributed by atoms with Crippen molar-refractivity contribution >= 4 is 44.6 Å². The average molecular weight is 491 g/mol. The molecule has 1 fully saturated rings. The third kappa shape index (κ3) is 5.01. The number of benzene rings is 2. The first-order valence-electron chi connectivity index (χ1n) is 10.2. The molecule has 1 unspecified atom stereocenters. The standard InChI is InChI=1S/C22H23ClN4O3S2/c1-14-9-15(2)11-19(10-14)32(29,30)27-8-4-5-16(13-27)21-25-26-22(31-21)20(28)24-18-7-3-6-17(23)12-18/h3,6-7,9-12,16H,4-5,8,13H2,1-2H3,(H,24,28). The molecule has 0 aliphatic carbocycles. The van der Waals surface area contributed by atoms with E-state index in [-0.39, 0.29) is 16.8 Å². The lowest BCUT2D eigenvalue weighted by Crippen LogP contribution is -2.39. The normalized spacial score (nSPS) is 17.3. The molecule has 1 amide bonds. The minimum Gasteiger partial charge on any atom is -0.320 e. The Hall–Kier alpha value is -2.33. The number of aromatic nitrogens is 2. The van der Waals surface area contributed by atoms with Crippen molar-refractivity contribution in [3.05, 3.63) is 68.6 Å². The molecule has 7 nitrogen and oxygen atoms in total. The molecule has 0 spiro atoms. The zero-order valence-corrected chi connectivity index (χ0v) is 20.1. The Kier molecular flexibility index (Phi) is 6.62. The fraction of sp³-hybridized carbons (Fsp3) is 0.318. The molecule has 3 aromatic rings. The monoisotopic (exact) mass is 490 g/mol. The summed E-state index contributed by atoms with van der Waals surface area (Å²) in [6, 6.07) is 12.2. The van der Waals surface area contributed by atoms with Gasteiger partial charge in [-0.05, 0) is 68.1 Å². The van der Waals surface area contributed by atoms with Gasteiger partial charge in [-0.15, -0.1) is 10.2 Å². The van der Waals surface area contributed by atoms with E-state index in [0.29, 0.717) is 33.7 Å². The summed E-state index contributed by atoms with van der Waals surface area (Å²) in [7, 11) is -3.60. The maximum atomic E-state index is 13.2. The second kappa shape index (κ2) is 9.27. The first-order chi connectivity index (χ1) is 15.2. The molecular weight excluding hydrogens is 468 g/mol. The van der Waals surface area contributed by atoms with E-state index in [1.54, 1.807) is 36.4 Å². The number of nitrogens with one attached hydrogen (secondary N) is 1. The van der Waals surface area contributed by atoms with Crippen molar-refractivity contribution in [2.45, 2.75) is 37.5 Å². The number of hydrogen-bond donors (Lipinski definition) is 1. The fourth-order valence-electron chi connectivity index (χ4n) is 3.84. The Morgan fingerprint density at radius 2 is 1.91 bits per heavy atom. The second-order valence-electron chi connectivity index (χ2n) is 7.94. The van der Waals surface area contributed by atoms with Gasteiger partial charge in [0.2, 0.25) is 15.0 Å². The first-order valence-corrected chi connectivity index (χ1v) is 12.8. The van der Waals surface area contributed by atoms with Crippen molar-refractivity contribution in [1.29, 1.82) is 0 Å². The van der Waals surface area contributed by atoms with Crippen LogP contribution in [0.5, 0.6) is 0 Å². The molecule has 1 saturated heterocycles. The molecule has 1 N–H and O–H groups in total. The molecule has 0 radical (unpaired) electrons. The van der Waals surface area contributed by atoms with Crippen LogP contribution < -0.4 is 5.32 Å². The number of carbonyl (C=O) groups excluding carboxylic acids is 1. The molecule has 0 bridgehead atoms. The molecule has 4 rings (SSSR count). The Labute approximate surface area is 196 Å². The van der Waals surface area contributed by atoms with Crippen LogP contribution in [0.15, 0.2) is 47.4 Å². The largest absolute Gasteiger partial charge is 0.320 e. The van der Waals surface area contributed by atoms with Crippen LogP contribution in [0.2, 0.25) is 5.02 Å². The van der Waals surface area contributed by atoms with E-state index in [2.05, 4.69) is 15.5 Å². The summed E-state index contributed by atoms with van der Waals surface area (Å²) in [5, 5.41) is 12.4. The van der Waals surface area contributed by atoms with E-state index >= 15 is 0 Å². The van der Waals surface area contributed by atoms with Crippen molar-refractivity contribution in [1.82, 2.24) is 14.5 Å². The molecule has 2 heterocycles. The van der Waals surface area contributed by atoms with Crippen LogP contribution in [-0.4, -0.2) is 41.9 Å². The zero-order valence-electron chi connectivity index (χ0n) is 17.7. The van der Waals surface area contributed by atoms with Crippen LogP contribution in [0.1, 0.15) is 44.7 Å². The lowest BCUT2D eigenvalue weighted by molar-refractivity contribution is 0.102. The predicted octanol–water partition coefficient (Wildman–Crippen LogP) is 4.63. The summed E-state index contributed by atoms with van der Waals surface area (Å²) >= 11 is 7.16. The van der Waals surface area contributed by atoms with Gasteiger partial charge in [0, 0.05) is 29.7 Å². The summed E-state index contributed by atoms with van der Waals surface area (Å²) < 4.78 is 28.0. The van der Waals surface area contributed by atoms with E-state index in [1.165, 1.54) is 15.6 Å². The molecule has 1 aromatic heterocycles. The molecule has 1 atom stereocenters. The van der Waals surface area contributed by atoms with Crippen LogP contribution in [0, 0.1) is 13.8 Å². The van der Waals surface area contributed by atoms with E-state index in [0.717, 1.165) is 24.0 Å². The quantitative estimate of drug-likeness (QED) is 0.563. The van der Waals surface area contributed by atoms with Crippen molar-refractivity contribution in [2.75, 3.05) is 18.4 Å². The van der Waals surface area contributed by atoms with E-state index in [9.17, 15) is 13.2 Å². The van der Waals surface area contributed by atoms with Crippen molar-refractivity contribution in [2.24, 2.45) is 0 Å². The lowest BCUT2D eigenvalue weighted by atomic mass is 10.0. The summed E-state index contributed by atoms with van der Waals surface area (Å²) in [4.78, 5) is 12.9. The smallest absolute Gasteiger partial charge is 0.286 e. The molecule has 10 heteroatoms. The highest BCUT2D eigenvalue weighted by Gasteiger charge is 2.33. The van der Waals surface area contributed by atoms with Gasteiger partial charge < -0.3 is 5.32 Å². The highest BCUT2D eigenvalue weighted by Crippen LogP contribution is 2.32. The third-order valence-corrected chi connectivity index (χ3v) is 8.45. The maximum Gasteiger partial charge on any atom is 0.286 e. The summed E-state index contributed by atoms with van der Waals surface area (Å²) in [5.74, 6) is -0.471. The van der Waals surface area contributed by atoms with Gasteiger partial charge in [-0.25, -0.2) is 8.42 Å². The zero-order chi connectivity index (χ0) is 22.9. The number of sulfonamides is 1. The van der Waals surface area contributed by atoms with E-state index in [4.69, 9.17) is 11.6 Å². The summed E-state index contributed by atoms with van der Waals surface area (Å²) in [6.45, 7) is 4.57. The lowest BCUT2D eigenvalue weighted by Gasteiger charge is -2.30. The SMILES string of the molecule is Cc1cc(C)cc(S(=O)(=O)N2CCCC(c3nnc(C(=O)Nc4cccc(Cl)c4)s3)C2)c1. The fourth-order valence-corrected chi connectivity index (χ4v) is 6.60. The molecule has 2 aromatic carbocycles. The van der Waals surface area contributed by atoms with Gasteiger partial charge in [-0.1, -0.05) is 35.1 Å². The van der Waals surface area contributed by atoms with Gasteiger partial charge in [-0.3, -0.25) is 4.79 Å². The van der Waals surface area contributed by atoms with Gasteiger partial charge in [-0.2, -0.15) is 4.31 Å². The average Bonchev–Trinajstić information content (AvgIpc) is 3.24. The second-order valence-corrected chi connectivity index (χ2v) is 11.3.